The van der Waals surface area contributed by atoms with Gasteiger partial charge >= 0.3 is 0 Å². The molecular weight excluding hydrogens is 611 g/mol. The molecule has 7 aromatic rings. The van der Waals surface area contributed by atoms with Gasteiger partial charge in [0.05, 0.1) is 11.7 Å². The van der Waals surface area contributed by atoms with Gasteiger partial charge in [-0.05, 0) is 59.4 Å². The largest absolute Gasteiger partial charge is 0.318 e. The van der Waals surface area contributed by atoms with Crippen LogP contribution < -0.4 is 4.58 Å². The van der Waals surface area contributed by atoms with E-state index in [1.165, 1.54) is 38.5 Å². The van der Waals surface area contributed by atoms with Crippen LogP contribution in [0.1, 0.15) is 24.4 Å². The third kappa shape index (κ3) is 4.47. The van der Waals surface area contributed by atoms with Crippen molar-refractivity contribution in [1.29, 1.82) is 0 Å². The Labute approximate surface area is 290 Å². The van der Waals surface area contributed by atoms with Crippen molar-refractivity contribution in [2.24, 2.45) is 4.99 Å². The second kappa shape index (κ2) is 11.6. The van der Waals surface area contributed by atoms with Gasteiger partial charge in [0.1, 0.15) is 29.3 Å². The van der Waals surface area contributed by atoms with Crippen LogP contribution in [0.3, 0.4) is 0 Å². The summed E-state index contributed by atoms with van der Waals surface area (Å²) in [6, 6.07) is 43.2. The van der Waals surface area contributed by atoms with Gasteiger partial charge in [0, 0.05) is 34.2 Å². The van der Waals surface area contributed by atoms with Gasteiger partial charge in [0.2, 0.25) is 11.4 Å². The first-order chi connectivity index (χ1) is 24.8. The summed E-state index contributed by atoms with van der Waals surface area (Å²) in [5, 5.41) is 2.46. The van der Waals surface area contributed by atoms with Crippen LogP contribution in [0.25, 0.3) is 61.0 Å². The lowest BCUT2D eigenvalue weighted by Gasteiger charge is -2.25. The number of fused-ring (bicyclic) bond motifs is 5. The topological polar surface area (TPSA) is 46.1 Å². The molecule has 10 rings (SSSR count). The highest BCUT2D eigenvalue weighted by atomic mass is 15.2. The zero-order valence-electron chi connectivity index (χ0n) is 27.3. The summed E-state index contributed by atoms with van der Waals surface area (Å²) in [5.41, 5.74) is 14.1. The van der Waals surface area contributed by atoms with Crippen molar-refractivity contribution < 1.29 is 0 Å². The lowest BCUT2D eigenvalue weighted by Crippen LogP contribution is -2.33. The molecule has 5 nitrogen and oxygen atoms in total. The van der Waals surface area contributed by atoms with E-state index in [0.29, 0.717) is 0 Å². The van der Waals surface area contributed by atoms with Gasteiger partial charge in [-0.3, -0.25) is 4.99 Å². The van der Waals surface area contributed by atoms with E-state index in [-0.39, 0.29) is 6.04 Å². The Morgan fingerprint density at radius 3 is 2.00 bits per heavy atom. The summed E-state index contributed by atoms with van der Waals surface area (Å²) in [6.07, 6.45) is 16.9. The third-order valence-corrected chi connectivity index (χ3v) is 10.1. The molecule has 0 amide bonds. The summed E-state index contributed by atoms with van der Waals surface area (Å²) < 4.78 is 4.90. The second-order valence-corrected chi connectivity index (χ2v) is 13.0. The Bertz CT molecular complexity index is 2570. The molecule has 0 N–H and O–H groups in total. The molecule has 0 saturated carbocycles. The van der Waals surface area contributed by atoms with Crippen LogP contribution in [-0.2, 0) is 0 Å². The molecular formula is C45H32N5+. The maximum atomic E-state index is 5.01. The van der Waals surface area contributed by atoms with Gasteiger partial charge in [-0.15, -0.1) is 4.58 Å². The number of hydrogen-bond donors (Lipinski definition) is 0. The van der Waals surface area contributed by atoms with Crippen LogP contribution in [-0.4, -0.2) is 26.5 Å². The van der Waals surface area contributed by atoms with Crippen LogP contribution in [0, 0.1) is 0 Å². The first-order valence-corrected chi connectivity index (χ1v) is 17.2. The second-order valence-electron chi connectivity index (χ2n) is 13.0. The van der Waals surface area contributed by atoms with Crippen molar-refractivity contribution in [3.63, 3.8) is 0 Å². The molecule has 0 radical (unpaired) electrons. The number of benzene rings is 5. The van der Waals surface area contributed by atoms with E-state index in [1.807, 2.05) is 24.5 Å². The number of aliphatic imine (C=N–C) groups is 1. The van der Waals surface area contributed by atoms with E-state index in [2.05, 4.69) is 143 Å². The Morgan fingerprint density at radius 1 is 0.640 bits per heavy atom. The molecule has 5 heteroatoms. The molecule has 2 aliphatic heterocycles. The molecule has 0 fully saturated rings. The summed E-state index contributed by atoms with van der Waals surface area (Å²) in [4.78, 5) is 14.8. The summed E-state index contributed by atoms with van der Waals surface area (Å²) in [7, 11) is 0. The minimum absolute atomic E-state index is 0.0883. The van der Waals surface area contributed by atoms with E-state index in [1.54, 1.807) is 6.33 Å². The quantitative estimate of drug-likeness (QED) is 0.175. The molecule has 0 spiro atoms. The van der Waals surface area contributed by atoms with Crippen LogP contribution >= 0.6 is 0 Å². The highest BCUT2D eigenvalue weighted by molar-refractivity contribution is 6.37. The maximum absolute atomic E-state index is 5.01. The smallest absolute Gasteiger partial charge is 0.264 e. The van der Waals surface area contributed by atoms with Gasteiger partial charge in [-0.2, -0.15) is 0 Å². The third-order valence-electron chi connectivity index (χ3n) is 10.1. The van der Waals surface area contributed by atoms with Gasteiger partial charge < -0.3 is 4.57 Å². The first-order valence-electron chi connectivity index (χ1n) is 17.2. The van der Waals surface area contributed by atoms with E-state index in [4.69, 9.17) is 15.0 Å². The molecule has 50 heavy (non-hydrogen) atoms. The average Bonchev–Trinajstić information content (AvgIpc) is 3.53. The van der Waals surface area contributed by atoms with E-state index >= 15 is 0 Å². The zero-order chi connectivity index (χ0) is 33.0. The van der Waals surface area contributed by atoms with Gasteiger partial charge in [-0.25, -0.2) is 9.97 Å². The normalized spacial score (nSPS) is 16.2. The molecule has 1 atom stereocenters. The van der Waals surface area contributed by atoms with Gasteiger partial charge in [0.25, 0.3) is 5.69 Å². The molecule has 5 aromatic carbocycles. The minimum Gasteiger partial charge on any atom is -0.318 e. The Hall–Kier alpha value is -6.46. The van der Waals surface area contributed by atoms with Crippen molar-refractivity contribution in [1.82, 2.24) is 19.1 Å². The molecule has 1 aliphatic carbocycles. The Kier molecular flexibility index (Phi) is 6.62. The molecule has 0 saturated heterocycles. The van der Waals surface area contributed by atoms with Crippen molar-refractivity contribution in [2.45, 2.75) is 18.9 Å². The summed E-state index contributed by atoms with van der Waals surface area (Å²) in [5.74, 6) is 0. The number of aromatic nitrogens is 3. The Morgan fingerprint density at radius 2 is 1.32 bits per heavy atom. The molecule has 4 heterocycles. The van der Waals surface area contributed by atoms with E-state index in [0.717, 1.165) is 58.0 Å². The van der Waals surface area contributed by atoms with Crippen LogP contribution in [0.5, 0.6) is 0 Å². The lowest BCUT2D eigenvalue weighted by atomic mass is 9.96. The Balaban J connectivity index is 1.36. The lowest BCUT2D eigenvalue weighted by molar-refractivity contribution is 0.784. The highest BCUT2D eigenvalue weighted by Gasteiger charge is 2.41. The van der Waals surface area contributed by atoms with Gasteiger partial charge in [0.15, 0.2) is 0 Å². The molecule has 0 bridgehead atoms. The standard InChI is InChI=1S/C45H32N5/c1-5-13-30(14-6-1)34-21-22-38-36(25-34)37-26-35(31-15-7-2-8-16-31)27-40-44(37)49(38)39-23-24-46-28-41(39)50(40)45-42(32-17-9-3-10-18-32)47-29-48-43(45)33-19-11-4-12-20-33/h2-5,7-29,39H,1,6H2/q+1. The SMILES string of the molecule is C1=CC(c2ccc3c(c2)c2cc(-c4ccccc4)cc4c2n3C2C=CN=CC2=[N+]4c2c(-c3ccccc3)ncnc2-c2ccccc2)=CCC1. The van der Waals surface area contributed by atoms with Crippen LogP contribution in [0.15, 0.2) is 163 Å². The number of allylic oxidation sites excluding steroid dienone is 5. The van der Waals surface area contributed by atoms with Crippen molar-refractivity contribution in [2.75, 3.05) is 0 Å². The predicted octanol–water partition coefficient (Wildman–Crippen LogP) is 10.7. The molecule has 3 aliphatic rings. The maximum Gasteiger partial charge on any atom is 0.264 e. The fraction of sp³-hybridized carbons (Fsp3) is 0.0667. The van der Waals surface area contributed by atoms with E-state index in [9.17, 15) is 0 Å². The minimum atomic E-state index is -0.0883. The molecule has 1 unspecified atom stereocenters. The summed E-state index contributed by atoms with van der Waals surface area (Å²) >= 11 is 0. The average molecular weight is 643 g/mol. The fourth-order valence-electron chi connectivity index (χ4n) is 7.85. The monoisotopic (exact) mass is 642 g/mol. The van der Waals surface area contributed by atoms with Gasteiger partial charge in [-0.1, -0.05) is 115 Å². The molecule has 2 aromatic heterocycles. The summed E-state index contributed by atoms with van der Waals surface area (Å²) in [6.45, 7) is 0. The van der Waals surface area contributed by atoms with Crippen molar-refractivity contribution in [3.8, 4) is 33.6 Å². The number of rotatable bonds is 5. The predicted molar refractivity (Wildman–Crippen MR) is 207 cm³/mol. The van der Waals surface area contributed by atoms with Crippen LogP contribution in [0.4, 0.5) is 11.4 Å². The first kappa shape index (κ1) is 28.5. The van der Waals surface area contributed by atoms with Crippen LogP contribution in [0.2, 0.25) is 0 Å². The van der Waals surface area contributed by atoms with Crippen molar-refractivity contribution >= 4 is 50.7 Å². The highest BCUT2D eigenvalue weighted by Crippen LogP contribution is 2.48. The number of hydrogen-bond acceptors (Lipinski definition) is 3. The van der Waals surface area contributed by atoms with Crippen molar-refractivity contribution in [3.05, 3.63) is 164 Å². The van der Waals surface area contributed by atoms with E-state index < -0.39 is 0 Å². The number of nitrogens with zero attached hydrogens (tertiary/aromatic N) is 5. The molecule has 236 valence electrons. The fourth-order valence-corrected chi connectivity index (χ4v) is 7.85. The zero-order valence-corrected chi connectivity index (χ0v) is 27.3.